The number of anilines is 1. The minimum absolute atomic E-state index is 0.0348. The average molecular weight is 340 g/mol. The van der Waals surface area contributed by atoms with Gasteiger partial charge in [-0.3, -0.25) is 4.79 Å². The SMILES string of the molecule is Cc1c(Cl)cccc1NC(=O)CSCc1cccc(Cl)c1. The van der Waals surface area contributed by atoms with E-state index >= 15 is 0 Å². The van der Waals surface area contributed by atoms with Crippen LogP contribution in [0.5, 0.6) is 0 Å². The second-order valence-electron chi connectivity index (χ2n) is 4.58. The zero-order chi connectivity index (χ0) is 15.2. The molecule has 0 radical (unpaired) electrons. The van der Waals surface area contributed by atoms with Gasteiger partial charge in [-0.15, -0.1) is 11.8 Å². The van der Waals surface area contributed by atoms with Crippen LogP contribution in [0.4, 0.5) is 5.69 Å². The molecule has 0 spiro atoms. The maximum absolute atomic E-state index is 11.9. The fraction of sp³-hybridized carbons (Fsp3) is 0.188. The van der Waals surface area contributed by atoms with Crippen LogP contribution in [0.25, 0.3) is 0 Å². The number of hydrogen-bond donors (Lipinski definition) is 1. The molecule has 2 nitrogen and oxygen atoms in total. The van der Waals surface area contributed by atoms with Gasteiger partial charge in [-0.05, 0) is 42.3 Å². The maximum atomic E-state index is 11.9. The first-order valence-corrected chi connectivity index (χ1v) is 8.34. The van der Waals surface area contributed by atoms with Crippen molar-refractivity contribution in [1.82, 2.24) is 0 Å². The summed E-state index contributed by atoms with van der Waals surface area (Å²) in [6.07, 6.45) is 0. The van der Waals surface area contributed by atoms with Gasteiger partial charge in [-0.25, -0.2) is 0 Å². The number of nitrogens with one attached hydrogen (secondary N) is 1. The quantitative estimate of drug-likeness (QED) is 0.813. The Morgan fingerprint density at radius 2 is 1.95 bits per heavy atom. The molecule has 0 aliphatic heterocycles. The summed E-state index contributed by atoms with van der Waals surface area (Å²) in [6.45, 7) is 1.89. The summed E-state index contributed by atoms with van der Waals surface area (Å²) in [5, 5.41) is 4.25. The van der Waals surface area contributed by atoms with Gasteiger partial charge in [0.15, 0.2) is 0 Å². The number of amides is 1. The van der Waals surface area contributed by atoms with Crippen LogP contribution in [0.3, 0.4) is 0 Å². The van der Waals surface area contributed by atoms with E-state index in [9.17, 15) is 4.79 Å². The summed E-state index contributed by atoms with van der Waals surface area (Å²) in [4.78, 5) is 11.9. The first-order valence-electron chi connectivity index (χ1n) is 6.43. The lowest BCUT2D eigenvalue weighted by Crippen LogP contribution is -2.15. The van der Waals surface area contributed by atoms with Crippen LogP contribution in [0, 0.1) is 6.92 Å². The van der Waals surface area contributed by atoms with E-state index in [1.165, 1.54) is 0 Å². The topological polar surface area (TPSA) is 29.1 Å². The lowest BCUT2D eigenvalue weighted by Gasteiger charge is -2.09. The molecule has 0 aliphatic carbocycles. The Hall–Kier alpha value is -1.16. The molecule has 0 unspecified atom stereocenters. The van der Waals surface area contributed by atoms with Crippen LogP contribution in [0.1, 0.15) is 11.1 Å². The molecule has 0 saturated carbocycles. The first kappa shape index (κ1) is 16.2. The molecule has 1 amide bonds. The minimum atomic E-state index is -0.0348. The lowest BCUT2D eigenvalue weighted by molar-refractivity contribution is -0.113. The summed E-state index contributed by atoms with van der Waals surface area (Å²) in [5.41, 5.74) is 2.75. The van der Waals surface area contributed by atoms with Crippen molar-refractivity contribution in [3.8, 4) is 0 Å². The molecule has 110 valence electrons. The van der Waals surface area contributed by atoms with Crippen LogP contribution in [0.2, 0.25) is 10.0 Å². The number of halogens is 2. The Morgan fingerprint density at radius 1 is 1.19 bits per heavy atom. The van der Waals surface area contributed by atoms with Gasteiger partial charge < -0.3 is 5.32 Å². The van der Waals surface area contributed by atoms with Gasteiger partial charge in [0.2, 0.25) is 5.91 Å². The predicted molar refractivity (Wildman–Crippen MR) is 92.4 cm³/mol. The largest absolute Gasteiger partial charge is 0.325 e. The van der Waals surface area contributed by atoms with Crippen molar-refractivity contribution in [2.45, 2.75) is 12.7 Å². The van der Waals surface area contributed by atoms with Crippen LogP contribution in [0.15, 0.2) is 42.5 Å². The summed E-state index contributed by atoms with van der Waals surface area (Å²) >= 11 is 13.5. The van der Waals surface area contributed by atoms with Gasteiger partial charge in [0.25, 0.3) is 0 Å². The third-order valence-electron chi connectivity index (χ3n) is 2.93. The number of rotatable bonds is 5. The number of thioether (sulfide) groups is 1. The van der Waals surface area contributed by atoms with Crippen molar-refractivity contribution in [2.24, 2.45) is 0 Å². The highest BCUT2D eigenvalue weighted by Gasteiger charge is 2.07. The van der Waals surface area contributed by atoms with Crippen molar-refractivity contribution in [2.75, 3.05) is 11.1 Å². The van der Waals surface area contributed by atoms with Gasteiger partial charge in [0.05, 0.1) is 5.75 Å². The molecule has 0 aliphatic rings. The molecule has 0 heterocycles. The molecule has 2 rings (SSSR count). The molecule has 5 heteroatoms. The molecule has 0 bridgehead atoms. The number of carbonyl (C=O) groups excluding carboxylic acids is 1. The number of carbonyl (C=O) groups is 1. The molecule has 21 heavy (non-hydrogen) atoms. The molecule has 2 aromatic carbocycles. The summed E-state index contributed by atoms with van der Waals surface area (Å²) in [6, 6.07) is 13.1. The second-order valence-corrected chi connectivity index (χ2v) is 6.41. The highest BCUT2D eigenvalue weighted by atomic mass is 35.5. The van der Waals surface area contributed by atoms with Gasteiger partial charge in [-0.2, -0.15) is 0 Å². The average Bonchev–Trinajstić information content (AvgIpc) is 2.44. The van der Waals surface area contributed by atoms with E-state index in [0.717, 1.165) is 22.6 Å². The molecular weight excluding hydrogens is 325 g/mol. The van der Waals surface area contributed by atoms with Crippen molar-refractivity contribution < 1.29 is 4.79 Å². The summed E-state index contributed by atoms with van der Waals surface area (Å²) in [7, 11) is 0. The van der Waals surface area contributed by atoms with Gasteiger partial charge >= 0.3 is 0 Å². The zero-order valence-corrected chi connectivity index (χ0v) is 13.9. The van der Waals surface area contributed by atoms with Crippen LogP contribution in [-0.4, -0.2) is 11.7 Å². The Morgan fingerprint density at radius 3 is 2.71 bits per heavy atom. The zero-order valence-electron chi connectivity index (χ0n) is 11.5. The fourth-order valence-electron chi connectivity index (χ4n) is 1.82. The third kappa shape index (κ3) is 4.95. The fourth-order valence-corrected chi connectivity index (χ4v) is 2.98. The smallest absolute Gasteiger partial charge is 0.234 e. The van der Waals surface area contributed by atoms with E-state index < -0.39 is 0 Å². The molecule has 1 N–H and O–H groups in total. The predicted octanol–water partition coefficient (Wildman–Crippen LogP) is 5.17. The molecule has 0 aromatic heterocycles. The Labute approximate surface area is 138 Å². The Balaban J connectivity index is 1.84. The van der Waals surface area contributed by atoms with E-state index in [1.807, 2.05) is 43.3 Å². The highest BCUT2D eigenvalue weighted by molar-refractivity contribution is 7.99. The second kappa shape index (κ2) is 7.74. The molecule has 2 aromatic rings. The third-order valence-corrected chi connectivity index (χ3v) is 4.58. The number of benzene rings is 2. The monoisotopic (exact) mass is 339 g/mol. The first-order chi connectivity index (χ1) is 10.1. The Bertz CT molecular complexity index is 646. The molecule has 0 saturated heterocycles. The minimum Gasteiger partial charge on any atom is -0.325 e. The lowest BCUT2D eigenvalue weighted by atomic mass is 10.2. The standard InChI is InChI=1S/C16H15Cl2NOS/c1-11-14(18)6-3-7-15(11)19-16(20)10-21-9-12-4-2-5-13(17)8-12/h2-8H,9-10H2,1H3,(H,19,20). The molecule has 0 fully saturated rings. The Kier molecular flexibility index (Phi) is 5.97. The molecular formula is C16H15Cl2NOS. The van der Waals surface area contributed by atoms with E-state index in [0.29, 0.717) is 15.8 Å². The molecule has 0 atom stereocenters. The summed E-state index contributed by atoms with van der Waals surface area (Å²) in [5.74, 6) is 1.11. The van der Waals surface area contributed by atoms with E-state index in [1.54, 1.807) is 17.8 Å². The van der Waals surface area contributed by atoms with Crippen LogP contribution >= 0.6 is 35.0 Å². The van der Waals surface area contributed by atoms with Crippen molar-refractivity contribution in [3.05, 3.63) is 63.6 Å². The van der Waals surface area contributed by atoms with Gasteiger partial charge in [0.1, 0.15) is 0 Å². The van der Waals surface area contributed by atoms with Crippen molar-refractivity contribution in [1.29, 1.82) is 0 Å². The number of hydrogen-bond acceptors (Lipinski definition) is 2. The van der Waals surface area contributed by atoms with E-state index in [4.69, 9.17) is 23.2 Å². The highest BCUT2D eigenvalue weighted by Crippen LogP contribution is 2.23. The van der Waals surface area contributed by atoms with Crippen molar-refractivity contribution in [3.63, 3.8) is 0 Å². The van der Waals surface area contributed by atoms with Gasteiger partial charge in [-0.1, -0.05) is 41.4 Å². The van der Waals surface area contributed by atoms with Crippen LogP contribution < -0.4 is 5.32 Å². The van der Waals surface area contributed by atoms with E-state index in [2.05, 4.69) is 5.32 Å². The maximum Gasteiger partial charge on any atom is 0.234 e. The normalized spacial score (nSPS) is 10.4. The van der Waals surface area contributed by atoms with Crippen molar-refractivity contribution >= 4 is 46.6 Å². The summed E-state index contributed by atoms with van der Waals surface area (Å²) < 4.78 is 0. The van der Waals surface area contributed by atoms with Crippen LogP contribution in [-0.2, 0) is 10.5 Å². The van der Waals surface area contributed by atoms with Gasteiger partial charge in [0, 0.05) is 21.5 Å². The van der Waals surface area contributed by atoms with E-state index in [-0.39, 0.29) is 5.91 Å².